The molecule has 0 saturated carbocycles. The summed E-state index contributed by atoms with van der Waals surface area (Å²) in [6.07, 6.45) is 5.64. The molecular weight excluding hydrogens is 1880 g/mol. The van der Waals surface area contributed by atoms with Gasteiger partial charge in [0.25, 0.3) is 0 Å². The lowest BCUT2D eigenvalue weighted by Gasteiger charge is -2.30. The van der Waals surface area contributed by atoms with Crippen LogP contribution in [0, 0.1) is 55.4 Å². The minimum Gasteiger partial charge on any atom is -0.383 e. The van der Waals surface area contributed by atoms with Crippen LogP contribution in [-0.4, -0.2) is 67.3 Å². The zero-order valence-electron chi connectivity index (χ0n) is 77.5. The van der Waals surface area contributed by atoms with Crippen LogP contribution in [0.3, 0.4) is 0 Å². The number of rotatable bonds is 40. The molecule has 0 radical (unpaired) electrons. The third-order valence-electron chi connectivity index (χ3n) is 23.4. The number of fused-ring (bicyclic) bond motifs is 6. The highest BCUT2D eigenvalue weighted by molar-refractivity contribution is 7.89. The molecule has 0 heterocycles. The van der Waals surface area contributed by atoms with Crippen molar-refractivity contribution in [2.24, 2.45) is 0 Å². The summed E-state index contributed by atoms with van der Waals surface area (Å²) in [5.74, 6) is -11.0. The molecule has 0 amide bonds. The van der Waals surface area contributed by atoms with Crippen LogP contribution in [0.5, 0.6) is 34.5 Å². The Morgan fingerprint density at radius 2 is 0.437 bits per heavy atom. The second-order valence-corrected chi connectivity index (χ2v) is 46.7. The summed E-state index contributed by atoms with van der Waals surface area (Å²) >= 11 is 0. The van der Waals surface area contributed by atoms with Gasteiger partial charge in [-0.15, -0.1) is 0 Å². The molecule has 6 bridgehead atoms. The van der Waals surface area contributed by atoms with Crippen molar-refractivity contribution in [3.05, 3.63) is 332 Å². The summed E-state index contributed by atoms with van der Waals surface area (Å²) in [6.45, 7) is 21.4. The maximum Gasteiger partial charge on any atom is 0.339 e. The molecule has 11 aromatic carbocycles. The predicted octanol–water partition coefficient (Wildman–Crippen LogP) is 23.5. The molecule has 135 heavy (non-hydrogen) atoms. The average molecular weight is 1990 g/mol. The fraction of sp³-hybridized carbons (Fsp3) is 0.320. The lowest BCUT2D eigenvalue weighted by molar-refractivity contribution is 0.364. The SMILES string of the molecule is CCCCC[C@@H]1C/C(OS(=O)(=O)c2ccc(C)cc2)=C\C(OS(=O)(=O)c2ccc(C)cc2)=C\[C@H](CCCCC)c2cc(c(OS(=O)(=O)c3ccc(C)cc3)cc2OS(=O)(=O)c2ccc(C)cc2)[C@H](CCCCC)c2cc(c(OS(=O)(=O)c3ccc(C)cc3)cc2OS(=O)(=O)c2ccc(C)cc2)[C@H](CCCCC)c2cc1c(OS(=O)(=O)c1ccc(C)cc1)cc2OS(=O)(=O)c1ccc(C)cc1. The third-order valence-corrected chi connectivity index (χ3v) is 33.5. The normalized spacial score (nSPS) is 16.1. The minimum absolute atomic E-state index is 0.0652. The van der Waals surface area contributed by atoms with Crippen molar-refractivity contribution in [1.29, 1.82) is 0 Å². The molecule has 24 nitrogen and oxygen atoms in total. The van der Waals surface area contributed by atoms with E-state index in [4.69, 9.17) is 33.5 Å². The molecule has 12 rings (SSSR count). The Balaban J connectivity index is 1.37. The first-order chi connectivity index (χ1) is 63.9. The van der Waals surface area contributed by atoms with Crippen LogP contribution in [0.2, 0.25) is 0 Å². The van der Waals surface area contributed by atoms with E-state index in [0.29, 0.717) is 95.9 Å². The first kappa shape index (κ1) is 103. The van der Waals surface area contributed by atoms with Crippen molar-refractivity contribution in [3.8, 4) is 34.5 Å². The highest BCUT2D eigenvalue weighted by Crippen LogP contribution is 2.54. The molecule has 1 aliphatic rings. The van der Waals surface area contributed by atoms with Gasteiger partial charge in [0.1, 0.15) is 56.4 Å². The molecule has 718 valence electrons. The Kier molecular flexibility index (Phi) is 33.5. The summed E-state index contributed by atoms with van der Waals surface area (Å²) in [5.41, 5.74) is 4.07. The highest BCUT2D eigenvalue weighted by atomic mass is 32.3. The molecule has 0 aromatic heterocycles. The molecule has 0 spiro atoms. The number of hydrogen-bond acceptors (Lipinski definition) is 24. The predicted molar refractivity (Wildman–Crippen MR) is 519 cm³/mol. The zero-order chi connectivity index (χ0) is 97.6. The molecule has 0 unspecified atom stereocenters. The highest BCUT2D eigenvalue weighted by Gasteiger charge is 2.40. The molecular formula is C103H114O24S8. The van der Waals surface area contributed by atoms with Gasteiger partial charge >= 0.3 is 80.9 Å². The van der Waals surface area contributed by atoms with Crippen LogP contribution >= 0.6 is 0 Å². The van der Waals surface area contributed by atoms with Gasteiger partial charge in [-0.25, -0.2) is 0 Å². The van der Waals surface area contributed by atoms with Gasteiger partial charge in [-0.1, -0.05) is 246 Å². The van der Waals surface area contributed by atoms with E-state index in [1.807, 2.05) is 27.7 Å². The second kappa shape index (κ2) is 43.9. The first-order valence-electron chi connectivity index (χ1n) is 45.0. The first-order valence-corrected chi connectivity index (χ1v) is 56.2. The van der Waals surface area contributed by atoms with Crippen molar-refractivity contribution in [2.75, 3.05) is 0 Å². The van der Waals surface area contributed by atoms with Crippen molar-refractivity contribution in [1.82, 2.24) is 0 Å². The van der Waals surface area contributed by atoms with E-state index in [9.17, 15) is 0 Å². The summed E-state index contributed by atoms with van der Waals surface area (Å²) in [6, 6.07) is 52.2. The van der Waals surface area contributed by atoms with Gasteiger partial charge in [0.15, 0.2) is 28.7 Å². The molecule has 0 aliphatic heterocycles. The van der Waals surface area contributed by atoms with Crippen molar-refractivity contribution in [2.45, 2.75) is 255 Å². The van der Waals surface area contributed by atoms with Crippen LogP contribution in [0.15, 0.2) is 293 Å². The van der Waals surface area contributed by atoms with Gasteiger partial charge in [-0.2, -0.15) is 67.3 Å². The standard InChI is InChI=1S/C103H114O24S8/c1-13-17-21-25-78-61-80(120-128(104,105)82-45-29-70(5)30-46-82)63-81(121-129(106,107)83-47-31-71(6)32-48-83)62-79(26-22-18-14-2)93-65-95(101(125-133(114,115)87-55-39-75(10)40-56-87)68-99(93)123-131(110,111)85-51-35-73(8)36-52-85)91(28-24-20-16-4)97-66-96(102(126-134(116,117)88-57-41-76(11)42-58-88)69-103(97)127-135(118,119)89-59-43-77(12)44-60-89)90(27-23-19-15-3)94-64-92(78)98(122-130(108,109)84-49-33-72(7)34-50-84)67-100(94)124-132(112,113)86-53-37-74(9)38-54-86/h29-61,63-69,78-79,90-91H,13-28,62H2,1-12H3/b80-61-,81-63+/t78-,79+,90-,91+/m0/s1. The minimum atomic E-state index is -5.18. The Labute approximate surface area is 797 Å². The van der Waals surface area contributed by atoms with Crippen LogP contribution in [-0.2, 0) is 89.3 Å². The molecule has 1 aliphatic carbocycles. The van der Waals surface area contributed by atoms with Gasteiger partial charge in [-0.3, -0.25) is 0 Å². The summed E-state index contributed by atoms with van der Waals surface area (Å²) < 4.78 is 304. The Morgan fingerprint density at radius 1 is 0.230 bits per heavy atom. The van der Waals surface area contributed by atoms with E-state index in [-0.39, 0.29) is 89.6 Å². The Hall–Kier alpha value is -11.1. The number of aryl methyl sites for hydroxylation is 8. The summed E-state index contributed by atoms with van der Waals surface area (Å²) in [4.78, 5) is -3.22. The van der Waals surface area contributed by atoms with Crippen LogP contribution in [0.25, 0.3) is 0 Å². The molecule has 32 heteroatoms. The number of benzene rings is 11. The third kappa shape index (κ3) is 26.4. The quantitative estimate of drug-likeness (QED) is 0.0254. The molecule has 4 atom stereocenters. The topological polar surface area (TPSA) is 347 Å². The van der Waals surface area contributed by atoms with Gasteiger partial charge in [0.05, 0.1) is 0 Å². The second-order valence-electron chi connectivity index (χ2n) is 34.4. The van der Waals surface area contributed by atoms with Gasteiger partial charge in [0, 0.05) is 81.8 Å². The fourth-order valence-electron chi connectivity index (χ4n) is 15.8. The smallest absolute Gasteiger partial charge is 0.339 e. The van der Waals surface area contributed by atoms with E-state index >= 15 is 67.3 Å². The number of allylic oxidation sites excluding steroid dienone is 3. The van der Waals surface area contributed by atoms with Crippen LogP contribution < -0.4 is 25.1 Å². The number of hydrogen-bond donors (Lipinski definition) is 0. The number of unbranched alkanes of at least 4 members (excludes halogenated alkanes) is 8. The monoisotopic (exact) mass is 1990 g/mol. The average Bonchev–Trinajstić information content (AvgIpc) is 0.738. The van der Waals surface area contributed by atoms with E-state index in [2.05, 4.69) is 0 Å². The van der Waals surface area contributed by atoms with Crippen molar-refractivity contribution in [3.63, 3.8) is 0 Å². The maximum atomic E-state index is 15.8. The van der Waals surface area contributed by atoms with E-state index in [1.165, 1.54) is 218 Å². The lowest BCUT2D eigenvalue weighted by atomic mass is 9.78. The van der Waals surface area contributed by atoms with Gasteiger partial charge in [-0.05, 0) is 208 Å². The fourth-order valence-corrected chi connectivity index (χ4v) is 23.4. The van der Waals surface area contributed by atoms with Crippen molar-refractivity contribution < 1.29 is 101 Å². The van der Waals surface area contributed by atoms with Crippen LogP contribution in [0.1, 0.15) is 238 Å². The van der Waals surface area contributed by atoms with E-state index in [0.717, 1.165) is 24.3 Å². The Bertz CT molecular complexity index is 7120. The van der Waals surface area contributed by atoms with Crippen LogP contribution in [0.4, 0.5) is 0 Å². The molecule has 0 N–H and O–H groups in total. The van der Waals surface area contributed by atoms with E-state index < -0.39 is 191 Å². The Morgan fingerprint density at radius 3 is 0.696 bits per heavy atom. The molecule has 11 aromatic rings. The molecule has 0 saturated heterocycles. The van der Waals surface area contributed by atoms with Gasteiger partial charge in [0.2, 0.25) is 0 Å². The largest absolute Gasteiger partial charge is 0.383 e. The summed E-state index contributed by atoms with van der Waals surface area (Å²) in [5, 5.41) is 0. The maximum absolute atomic E-state index is 15.8. The van der Waals surface area contributed by atoms with E-state index in [1.54, 1.807) is 55.4 Å². The summed E-state index contributed by atoms with van der Waals surface area (Å²) in [7, 11) is -41.2. The lowest BCUT2D eigenvalue weighted by Crippen LogP contribution is -2.19. The van der Waals surface area contributed by atoms with Gasteiger partial charge < -0.3 is 33.5 Å². The zero-order valence-corrected chi connectivity index (χ0v) is 84.0. The molecule has 0 fully saturated rings. The van der Waals surface area contributed by atoms with Crippen molar-refractivity contribution >= 4 is 80.9 Å².